The summed E-state index contributed by atoms with van der Waals surface area (Å²) >= 11 is 12.3. The molecule has 1 aromatic heterocycles. The molecule has 4 aromatic rings. The van der Waals surface area contributed by atoms with E-state index < -0.39 is 23.2 Å². The zero-order valence-electron chi connectivity index (χ0n) is 14.0. The van der Waals surface area contributed by atoms with Crippen molar-refractivity contribution in [2.45, 2.75) is 0 Å². The van der Waals surface area contributed by atoms with Crippen LogP contribution in [0.15, 0.2) is 54.6 Å². The number of fused-ring (bicyclic) bond motifs is 1. The molecule has 0 aliphatic heterocycles. The Kier molecular flexibility index (Phi) is 4.75. The third kappa shape index (κ3) is 3.32. The molecule has 0 saturated heterocycles. The lowest BCUT2D eigenvalue weighted by atomic mass is 10.1. The van der Waals surface area contributed by atoms with Crippen molar-refractivity contribution in [1.82, 2.24) is 9.97 Å². The molecule has 140 valence electrons. The molecule has 3 aromatic carbocycles. The number of hydrogen-bond acceptors (Lipinski definition) is 3. The van der Waals surface area contributed by atoms with Gasteiger partial charge in [0.15, 0.2) is 5.75 Å². The standard InChI is InChI=1S/C20H10Cl2F2N2O2/c21-10-8-11(19-25-15-6-1-2-7-16(15)26-19)18(12(22)9-10)28-20(27)17-13(23)4-3-5-14(17)24/h1-9H,(H,25,26). The number of ether oxygens (including phenoxy) is 1. The molecule has 1 N–H and O–H groups in total. The summed E-state index contributed by atoms with van der Waals surface area (Å²) in [6, 6.07) is 13.2. The minimum Gasteiger partial charge on any atom is -0.420 e. The van der Waals surface area contributed by atoms with E-state index in [0.29, 0.717) is 11.3 Å². The van der Waals surface area contributed by atoms with E-state index in [1.807, 2.05) is 18.2 Å². The molecule has 1 heterocycles. The van der Waals surface area contributed by atoms with Crippen LogP contribution in [0, 0.1) is 11.6 Å². The molecule has 0 fully saturated rings. The monoisotopic (exact) mass is 418 g/mol. The van der Waals surface area contributed by atoms with Gasteiger partial charge in [-0.25, -0.2) is 18.6 Å². The maximum absolute atomic E-state index is 13.9. The molecule has 0 radical (unpaired) electrons. The highest BCUT2D eigenvalue weighted by Crippen LogP contribution is 2.39. The van der Waals surface area contributed by atoms with Crippen LogP contribution in [0.4, 0.5) is 8.78 Å². The van der Waals surface area contributed by atoms with Crippen LogP contribution < -0.4 is 4.74 Å². The van der Waals surface area contributed by atoms with Crippen molar-refractivity contribution in [2.24, 2.45) is 0 Å². The summed E-state index contributed by atoms with van der Waals surface area (Å²) < 4.78 is 33.1. The minimum atomic E-state index is -1.22. The van der Waals surface area contributed by atoms with E-state index in [4.69, 9.17) is 27.9 Å². The molecule has 0 aliphatic rings. The third-order valence-electron chi connectivity index (χ3n) is 4.01. The summed E-state index contributed by atoms with van der Waals surface area (Å²) in [5.74, 6) is -3.09. The van der Waals surface area contributed by atoms with Crippen molar-refractivity contribution < 1.29 is 18.3 Å². The molecule has 4 nitrogen and oxygen atoms in total. The molecular formula is C20H10Cl2F2N2O2. The van der Waals surface area contributed by atoms with Gasteiger partial charge in [0, 0.05) is 5.02 Å². The van der Waals surface area contributed by atoms with Crippen LogP contribution in [0.3, 0.4) is 0 Å². The average Bonchev–Trinajstić information content (AvgIpc) is 3.07. The molecule has 28 heavy (non-hydrogen) atoms. The number of aromatic nitrogens is 2. The van der Waals surface area contributed by atoms with Gasteiger partial charge in [0.25, 0.3) is 0 Å². The Morgan fingerprint density at radius 1 is 1.00 bits per heavy atom. The number of para-hydroxylation sites is 2. The first-order chi connectivity index (χ1) is 13.4. The molecule has 0 atom stereocenters. The van der Waals surface area contributed by atoms with E-state index in [1.54, 1.807) is 6.07 Å². The fourth-order valence-corrected chi connectivity index (χ4v) is 3.29. The van der Waals surface area contributed by atoms with Gasteiger partial charge in [-0.05, 0) is 36.4 Å². The molecule has 8 heteroatoms. The Labute approximate surface area is 167 Å². The topological polar surface area (TPSA) is 55.0 Å². The summed E-state index contributed by atoms with van der Waals surface area (Å²) in [6.45, 7) is 0. The third-order valence-corrected chi connectivity index (χ3v) is 4.51. The fraction of sp³-hybridized carbons (Fsp3) is 0. The molecular weight excluding hydrogens is 409 g/mol. The SMILES string of the molecule is O=C(Oc1c(Cl)cc(Cl)cc1-c1nc2ccccc2[nH]1)c1c(F)cccc1F. The van der Waals surface area contributed by atoms with Crippen molar-refractivity contribution in [3.63, 3.8) is 0 Å². The lowest BCUT2D eigenvalue weighted by Gasteiger charge is -2.12. The maximum atomic E-state index is 13.9. The first kappa shape index (κ1) is 18.4. The Balaban J connectivity index is 1.82. The van der Waals surface area contributed by atoms with Gasteiger partial charge in [0.1, 0.15) is 23.0 Å². The van der Waals surface area contributed by atoms with Crippen molar-refractivity contribution in [3.05, 3.63) is 81.8 Å². The van der Waals surface area contributed by atoms with Gasteiger partial charge >= 0.3 is 5.97 Å². The number of esters is 1. The van der Waals surface area contributed by atoms with Crippen LogP contribution in [-0.2, 0) is 0 Å². The Bertz CT molecular complexity index is 1170. The van der Waals surface area contributed by atoms with E-state index in [-0.39, 0.29) is 21.4 Å². The van der Waals surface area contributed by atoms with Crippen molar-refractivity contribution in [1.29, 1.82) is 0 Å². The normalized spacial score (nSPS) is 11.0. The van der Waals surface area contributed by atoms with Crippen molar-refractivity contribution in [3.8, 4) is 17.1 Å². The second-order valence-corrected chi connectivity index (χ2v) is 6.70. The number of carbonyl (C=O) groups is 1. The van der Waals surface area contributed by atoms with Crippen LogP contribution in [0.5, 0.6) is 5.75 Å². The number of carbonyl (C=O) groups excluding carboxylic acids is 1. The Morgan fingerprint density at radius 3 is 2.43 bits per heavy atom. The Hall–Kier alpha value is -2.96. The number of nitrogens with one attached hydrogen (secondary N) is 1. The largest absolute Gasteiger partial charge is 0.420 e. The number of H-pyrrole nitrogens is 1. The molecule has 0 bridgehead atoms. The highest BCUT2D eigenvalue weighted by Gasteiger charge is 2.23. The summed E-state index contributed by atoms with van der Waals surface area (Å²) in [4.78, 5) is 19.9. The highest BCUT2D eigenvalue weighted by atomic mass is 35.5. The number of rotatable bonds is 3. The minimum absolute atomic E-state index is 0.00643. The second-order valence-electron chi connectivity index (χ2n) is 5.85. The summed E-state index contributed by atoms with van der Waals surface area (Å²) in [5, 5.41) is 0.269. The van der Waals surface area contributed by atoms with Gasteiger partial charge in [0.05, 0.1) is 21.6 Å². The second kappa shape index (κ2) is 7.22. The number of aromatic amines is 1. The number of imidazole rings is 1. The molecule has 0 unspecified atom stereocenters. The molecule has 0 saturated carbocycles. The van der Waals surface area contributed by atoms with E-state index in [1.165, 1.54) is 12.1 Å². The summed E-state index contributed by atoms with van der Waals surface area (Å²) in [7, 11) is 0. The van der Waals surface area contributed by atoms with Crippen LogP contribution >= 0.6 is 23.2 Å². The van der Waals surface area contributed by atoms with Gasteiger partial charge in [-0.3, -0.25) is 0 Å². The van der Waals surface area contributed by atoms with E-state index >= 15 is 0 Å². The molecule has 0 spiro atoms. The molecule has 0 amide bonds. The lowest BCUT2D eigenvalue weighted by molar-refractivity contribution is 0.0725. The number of halogens is 4. The van der Waals surface area contributed by atoms with Crippen LogP contribution in [-0.4, -0.2) is 15.9 Å². The predicted molar refractivity (Wildman–Crippen MR) is 103 cm³/mol. The maximum Gasteiger partial charge on any atom is 0.349 e. The van der Waals surface area contributed by atoms with E-state index in [0.717, 1.165) is 23.7 Å². The van der Waals surface area contributed by atoms with Crippen molar-refractivity contribution >= 4 is 40.2 Å². The fourth-order valence-electron chi connectivity index (χ4n) is 2.76. The number of hydrogen-bond donors (Lipinski definition) is 1. The zero-order valence-corrected chi connectivity index (χ0v) is 15.5. The van der Waals surface area contributed by atoms with E-state index in [9.17, 15) is 13.6 Å². The average molecular weight is 419 g/mol. The first-order valence-electron chi connectivity index (χ1n) is 8.04. The van der Waals surface area contributed by atoms with Crippen LogP contribution in [0.1, 0.15) is 10.4 Å². The van der Waals surface area contributed by atoms with Gasteiger partial charge in [-0.1, -0.05) is 41.4 Å². The lowest BCUT2D eigenvalue weighted by Crippen LogP contribution is -2.14. The first-order valence-corrected chi connectivity index (χ1v) is 8.80. The van der Waals surface area contributed by atoms with Gasteiger partial charge in [-0.2, -0.15) is 0 Å². The van der Waals surface area contributed by atoms with Gasteiger partial charge < -0.3 is 9.72 Å². The smallest absolute Gasteiger partial charge is 0.349 e. The van der Waals surface area contributed by atoms with E-state index in [2.05, 4.69) is 9.97 Å². The van der Waals surface area contributed by atoms with Crippen molar-refractivity contribution in [2.75, 3.05) is 0 Å². The highest BCUT2D eigenvalue weighted by molar-refractivity contribution is 6.36. The van der Waals surface area contributed by atoms with Crippen LogP contribution in [0.25, 0.3) is 22.4 Å². The Morgan fingerprint density at radius 2 is 1.71 bits per heavy atom. The summed E-state index contributed by atoms with van der Waals surface area (Å²) in [6.07, 6.45) is 0. The summed E-state index contributed by atoms with van der Waals surface area (Å²) in [5.41, 5.74) is 0.875. The van der Waals surface area contributed by atoms with Gasteiger partial charge in [-0.15, -0.1) is 0 Å². The predicted octanol–water partition coefficient (Wildman–Crippen LogP) is 6.03. The quantitative estimate of drug-likeness (QED) is 0.326. The van der Waals surface area contributed by atoms with Crippen LogP contribution in [0.2, 0.25) is 10.0 Å². The zero-order chi connectivity index (χ0) is 19.8. The molecule has 4 rings (SSSR count). The number of nitrogens with zero attached hydrogens (tertiary/aromatic N) is 1. The van der Waals surface area contributed by atoms with Gasteiger partial charge in [0.2, 0.25) is 0 Å². The molecule has 0 aliphatic carbocycles. The number of benzene rings is 3.